The van der Waals surface area contributed by atoms with Crippen molar-refractivity contribution in [1.29, 1.82) is 0 Å². The first-order valence-corrected chi connectivity index (χ1v) is 4.94. The maximum absolute atomic E-state index is 12.6. The Balaban J connectivity index is 3.51. The van der Waals surface area contributed by atoms with Crippen molar-refractivity contribution in [1.82, 2.24) is 0 Å². The lowest BCUT2D eigenvalue weighted by molar-refractivity contribution is -0.143. The van der Waals surface area contributed by atoms with Gasteiger partial charge in [-0.2, -0.15) is 26.3 Å². The third-order valence-electron chi connectivity index (χ3n) is 2.24. The molecule has 96 valence electrons. The third-order valence-corrected chi connectivity index (χ3v) is 2.51. The van der Waals surface area contributed by atoms with Gasteiger partial charge < -0.3 is 0 Å². The lowest BCUT2D eigenvalue weighted by atomic mass is 9.99. The fourth-order valence-electron chi connectivity index (χ4n) is 1.41. The molecule has 0 aliphatic heterocycles. The second kappa shape index (κ2) is 4.40. The topological polar surface area (TPSA) is 0 Å². The number of rotatable bonds is 1. The summed E-state index contributed by atoms with van der Waals surface area (Å²) in [5, 5.41) is 0. The zero-order valence-corrected chi connectivity index (χ0v) is 9.26. The highest BCUT2D eigenvalue weighted by atomic mass is 35.5. The highest BCUT2D eigenvalue weighted by Gasteiger charge is 2.38. The molecule has 1 aromatic rings. The highest BCUT2D eigenvalue weighted by Crippen LogP contribution is 2.39. The van der Waals surface area contributed by atoms with E-state index in [9.17, 15) is 26.3 Å². The molecule has 0 aliphatic carbocycles. The van der Waals surface area contributed by atoms with Gasteiger partial charge in [0, 0.05) is 5.88 Å². The molecule has 0 radical (unpaired) electrons. The van der Waals surface area contributed by atoms with Crippen LogP contribution in [0.2, 0.25) is 0 Å². The van der Waals surface area contributed by atoms with E-state index in [1.807, 2.05) is 0 Å². The van der Waals surface area contributed by atoms with Crippen molar-refractivity contribution in [2.75, 3.05) is 0 Å². The Kier molecular flexibility index (Phi) is 3.66. The molecule has 17 heavy (non-hydrogen) atoms. The molecule has 7 heteroatoms. The van der Waals surface area contributed by atoms with E-state index in [-0.39, 0.29) is 17.2 Å². The van der Waals surface area contributed by atoms with Gasteiger partial charge in [-0.05, 0) is 30.2 Å². The molecular weight excluding hydrogens is 270 g/mol. The Hall–Kier alpha value is -0.910. The van der Waals surface area contributed by atoms with Gasteiger partial charge in [0.2, 0.25) is 0 Å². The van der Waals surface area contributed by atoms with Crippen LogP contribution in [0.3, 0.4) is 0 Å². The summed E-state index contributed by atoms with van der Waals surface area (Å²) < 4.78 is 74.8. The number of halogens is 7. The van der Waals surface area contributed by atoms with E-state index in [1.165, 1.54) is 6.92 Å². The van der Waals surface area contributed by atoms with Crippen LogP contribution in [0, 0.1) is 6.92 Å². The van der Waals surface area contributed by atoms with Crippen molar-refractivity contribution in [2.24, 2.45) is 0 Å². The summed E-state index contributed by atoms with van der Waals surface area (Å²) >= 11 is 5.33. The fourth-order valence-corrected chi connectivity index (χ4v) is 1.77. The van der Waals surface area contributed by atoms with Crippen LogP contribution in [0.25, 0.3) is 0 Å². The summed E-state index contributed by atoms with van der Waals surface area (Å²) in [5.74, 6) is -0.487. The Labute approximate surface area is 98.2 Å². The van der Waals surface area contributed by atoms with Gasteiger partial charge in [-0.3, -0.25) is 0 Å². The molecular formula is C10H7ClF6. The SMILES string of the molecule is Cc1cc(C(F)(F)F)cc(C(F)(F)F)c1CCl. The van der Waals surface area contributed by atoms with E-state index in [4.69, 9.17) is 11.6 Å². The van der Waals surface area contributed by atoms with Crippen LogP contribution in [0.5, 0.6) is 0 Å². The van der Waals surface area contributed by atoms with Crippen molar-refractivity contribution in [3.63, 3.8) is 0 Å². The second-order valence-corrected chi connectivity index (χ2v) is 3.72. The molecule has 1 aromatic carbocycles. The van der Waals surface area contributed by atoms with E-state index in [2.05, 4.69) is 0 Å². The summed E-state index contributed by atoms with van der Waals surface area (Å²) in [6, 6.07) is 0.748. The second-order valence-electron chi connectivity index (χ2n) is 3.45. The van der Waals surface area contributed by atoms with Gasteiger partial charge in [-0.1, -0.05) is 0 Å². The van der Waals surface area contributed by atoms with Gasteiger partial charge in [0.05, 0.1) is 11.1 Å². The molecule has 0 nitrogen and oxygen atoms in total. The molecule has 1 rings (SSSR count). The minimum absolute atomic E-state index is 0.0880. The number of aryl methyl sites for hydroxylation is 1. The van der Waals surface area contributed by atoms with Gasteiger partial charge in [-0.25, -0.2) is 0 Å². The van der Waals surface area contributed by atoms with E-state index in [1.54, 1.807) is 0 Å². The van der Waals surface area contributed by atoms with Crippen LogP contribution in [-0.2, 0) is 18.2 Å². The molecule has 0 unspecified atom stereocenters. The average molecular weight is 277 g/mol. The predicted octanol–water partition coefficient (Wildman–Crippen LogP) is 4.77. The molecule has 0 heterocycles. The standard InChI is InChI=1S/C10H7ClF6/c1-5-2-6(9(12,13)14)3-8(7(5)4-11)10(15,16)17/h2-3H,4H2,1H3. The van der Waals surface area contributed by atoms with E-state index in [0.717, 1.165) is 0 Å². The minimum Gasteiger partial charge on any atom is -0.166 e. The quantitative estimate of drug-likeness (QED) is 0.512. The van der Waals surface area contributed by atoms with Crippen molar-refractivity contribution in [2.45, 2.75) is 25.2 Å². The van der Waals surface area contributed by atoms with Gasteiger partial charge in [-0.15, -0.1) is 11.6 Å². The monoisotopic (exact) mass is 276 g/mol. The molecule has 0 aliphatic rings. The van der Waals surface area contributed by atoms with Gasteiger partial charge in [0.1, 0.15) is 0 Å². The van der Waals surface area contributed by atoms with E-state index >= 15 is 0 Å². The molecule has 0 saturated carbocycles. The first-order valence-electron chi connectivity index (χ1n) is 4.41. The summed E-state index contributed by atoms with van der Waals surface area (Å²) in [5.41, 5.74) is -3.11. The highest BCUT2D eigenvalue weighted by molar-refractivity contribution is 6.17. The smallest absolute Gasteiger partial charge is 0.166 e. The Bertz CT molecular complexity index is 418. The van der Waals surface area contributed by atoms with Gasteiger partial charge in [0.15, 0.2) is 0 Å². The average Bonchev–Trinajstić information content (AvgIpc) is 2.13. The maximum Gasteiger partial charge on any atom is 0.416 e. The summed E-state index contributed by atoms with van der Waals surface area (Å²) in [7, 11) is 0. The van der Waals surface area contributed by atoms with Crippen LogP contribution in [0.1, 0.15) is 22.3 Å². The Morgan fingerprint density at radius 1 is 1.00 bits per heavy atom. The summed E-state index contributed by atoms with van der Waals surface area (Å²) in [6.07, 6.45) is -9.66. The predicted molar refractivity (Wildman–Crippen MR) is 50.7 cm³/mol. The van der Waals surface area contributed by atoms with Crippen LogP contribution in [0.15, 0.2) is 12.1 Å². The van der Waals surface area contributed by atoms with Crippen molar-refractivity contribution in [3.8, 4) is 0 Å². The first kappa shape index (κ1) is 14.2. The molecule has 0 bridgehead atoms. The zero-order valence-electron chi connectivity index (χ0n) is 8.51. The molecule has 0 saturated heterocycles. The molecule has 0 N–H and O–H groups in total. The minimum atomic E-state index is -4.85. The summed E-state index contributed by atoms with van der Waals surface area (Å²) in [4.78, 5) is 0. The van der Waals surface area contributed by atoms with Crippen molar-refractivity contribution in [3.05, 3.63) is 34.4 Å². The number of hydrogen-bond donors (Lipinski definition) is 0. The fraction of sp³-hybridized carbons (Fsp3) is 0.400. The van der Waals surface area contributed by atoms with Crippen LogP contribution < -0.4 is 0 Å². The molecule has 0 spiro atoms. The van der Waals surface area contributed by atoms with Crippen LogP contribution in [0.4, 0.5) is 26.3 Å². The Morgan fingerprint density at radius 3 is 1.88 bits per heavy atom. The van der Waals surface area contributed by atoms with Crippen molar-refractivity contribution >= 4 is 11.6 Å². The maximum atomic E-state index is 12.6. The lowest BCUT2D eigenvalue weighted by Crippen LogP contribution is -2.14. The third kappa shape index (κ3) is 3.06. The van der Waals surface area contributed by atoms with Gasteiger partial charge in [0.25, 0.3) is 0 Å². The number of hydrogen-bond acceptors (Lipinski definition) is 0. The Morgan fingerprint density at radius 2 is 1.53 bits per heavy atom. The van der Waals surface area contributed by atoms with Crippen molar-refractivity contribution < 1.29 is 26.3 Å². The first-order chi connectivity index (χ1) is 7.57. The normalized spacial score (nSPS) is 12.9. The van der Waals surface area contributed by atoms with Crippen LogP contribution >= 0.6 is 11.6 Å². The molecule has 0 amide bonds. The number of benzene rings is 1. The van der Waals surface area contributed by atoms with Crippen LogP contribution in [-0.4, -0.2) is 0 Å². The zero-order chi connectivity index (χ0) is 13.4. The number of alkyl halides is 7. The lowest BCUT2D eigenvalue weighted by Gasteiger charge is -2.17. The van der Waals surface area contributed by atoms with E-state index in [0.29, 0.717) is 6.07 Å². The van der Waals surface area contributed by atoms with E-state index < -0.39 is 29.4 Å². The molecule has 0 atom stereocenters. The summed E-state index contributed by atoms with van der Waals surface area (Å²) in [6.45, 7) is 1.17. The van der Waals surface area contributed by atoms with Gasteiger partial charge >= 0.3 is 12.4 Å². The molecule has 0 aromatic heterocycles. The molecule has 0 fully saturated rings. The largest absolute Gasteiger partial charge is 0.416 e.